The zero-order valence-corrected chi connectivity index (χ0v) is 9.49. The van der Waals surface area contributed by atoms with Crippen LogP contribution in [0.5, 0.6) is 5.75 Å². The van der Waals surface area contributed by atoms with Gasteiger partial charge in [0.2, 0.25) is 0 Å². The zero-order valence-electron chi connectivity index (χ0n) is 9.49. The molecule has 84 valence electrons. The predicted molar refractivity (Wildman–Crippen MR) is 62.4 cm³/mol. The largest absolute Gasteiger partial charge is 0.489 e. The quantitative estimate of drug-likeness (QED) is 0.822. The average Bonchev–Trinajstić information content (AvgIpc) is 2.33. The van der Waals surface area contributed by atoms with Crippen LogP contribution < -0.4 is 10.1 Å². The molecule has 1 aliphatic heterocycles. The number of nitrogens with one attached hydrogen (secondary N) is 1. The Labute approximate surface area is 96.0 Å². The first kappa shape index (κ1) is 11.0. The summed E-state index contributed by atoms with van der Waals surface area (Å²) < 4.78 is 5.91. The molecule has 0 saturated carbocycles. The van der Waals surface area contributed by atoms with Crippen molar-refractivity contribution in [3.05, 3.63) is 29.3 Å². The van der Waals surface area contributed by atoms with Crippen LogP contribution in [0.15, 0.2) is 18.2 Å². The van der Waals surface area contributed by atoms with E-state index in [9.17, 15) is 0 Å². The van der Waals surface area contributed by atoms with Crippen molar-refractivity contribution in [1.82, 2.24) is 5.32 Å². The Morgan fingerprint density at radius 2 is 2.38 bits per heavy atom. The predicted octanol–water partition coefficient (Wildman–Crippen LogP) is 2.00. The lowest BCUT2D eigenvalue weighted by Crippen LogP contribution is -2.37. The molecule has 1 N–H and O–H groups in total. The maximum absolute atomic E-state index is 8.77. The van der Waals surface area contributed by atoms with Gasteiger partial charge in [0.1, 0.15) is 11.9 Å². The summed E-state index contributed by atoms with van der Waals surface area (Å²) in [5, 5.41) is 12.1. The van der Waals surface area contributed by atoms with Gasteiger partial charge in [-0.15, -0.1) is 0 Å². The van der Waals surface area contributed by atoms with Crippen LogP contribution in [0, 0.1) is 18.3 Å². The topological polar surface area (TPSA) is 45.0 Å². The molecule has 0 aromatic heterocycles. The van der Waals surface area contributed by atoms with Crippen molar-refractivity contribution in [2.24, 2.45) is 0 Å². The van der Waals surface area contributed by atoms with Crippen LogP contribution in [0.3, 0.4) is 0 Å². The summed E-state index contributed by atoms with van der Waals surface area (Å²) in [6, 6.07) is 7.69. The van der Waals surface area contributed by atoms with Gasteiger partial charge in [0, 0.05) is 6.54 Å². The first-order valence-corrected chi connectivity index (χ1v) is 5.68. The van der Waals surface area contributed by atoms with E-state index in [1.54, 1.807) is 6.07 Å². The van der Waals surface area contributed by atoms with Gasteiger partial charge in [0.25, 0.3) is 0 Å². The van der Waals surface area contributed by atoms with Gasteiger partial charge in [-0.2, -0.15) is 5.26 Å². The molecule has 2 rings (SSSR count). The standard InChI is InChI=1S/C13H16N2O/c1-10-7-11(8-14)4-5-13(10)16-12-3-2-6-15-9-12/h4-5,7,12,15H,2-3,6,9H2,1H3. The number of nitrogens with zero attached hydrogens (tertiary/aromatic N) is 1. The van der Waals surface area contributed by atoms with E-state index in [4.69, 9.17) is 10.00 Å². The number of piperidine rings is 1. The molecule has 16 heavy (non-hydrogen) atoms. The maximum atomic E-state index is 8.77. The van der Waals surface area contributed by atoms with E-state index in [1.165, 1.54) is 6.42 Å². The van der Waals surface area contributed by atoms with E-state index in [-0.39, 0.29) is 6.10 Å². The van der Waals surface area contributed by atoms with Crippen LogP contribution in [-0.4, -0.2) is 19.2 Å². The fourth-order valence-electron chi connectivity index (χ4n) is 1.95. The second-order valence-electron chi connectivity index (χ2n) is 4.18. The third-order valence-electron chi connectivity index (χ3n) is 2.85. The Morgan fingerprint density at radius 1 is 1.50 bits per heavy atom. The Hall–Kier alpha value is -1.53. The van der Waals surface area contributed by atoms with E-state index >= 15 is 0 Å². The van der Waals surface area contributed by atoms with Crippen LogP contribution in [0.1, 0.15) is 24.0 Å². The molecule has 0 aliphatic carbocycles. The molecule has 1 aliphatic rings. The Bertz CT molecular complexity index is 403. The molecule has 1 heterocycles. The molecule has 1 aromatic rings. The number of ether oxygens (including phenoxy) is 1. The van der Waals surface area contributed by atoms with Gasteiger partial charge in [-0.05, 0) is 50.1 Å². The summed E-state index contributed by atoms with van der Waals surface area (Å²) in [7, 11) is 0. The molecule has 3 heteroatoms. The summed E-state index contributed by atoms with van der Waals surface area (Å²) in [4.78, 5) is 0. The van der Waals surface area contributed by atoms with Crippen molar-refractivity contribution in [3.8, 4) is 11.8 Å². The number of nitriles is 1. The van der Waals surface area contributed by atoms with E-state index in [1.807, 2.05) is 19.1 Å². The minimum atomic E-state index is 0.264. The van der Waals surface area contributed by atoms with Gasteiger partial charge >= 0.3 is 0 Å². The van der Waals surface area contributed by atoms with E-state index in [2.05, 4.69) is 11.4 Å². The Kier molecular flexibility index (Phi) is 3.43. The summed E-state index contributed by atoms with van der Waals surface area (Å²) in [5.41, 5.74) is 1.72. The maximum Gasteiger partial charge on any atom is 0.122 e. The zero-order chi connectivity index (χ0) is 11.4. The molecule has 1 atom stereocenters. The monoisotopic (exact) mass is 216 g/mol. The lowest BCUT2D eigenvalue weighted by Gasteiger charge is -2.24. The van der Waals surface area contributed by atoms with Crippen LogP contribution in [0.25, 0.3) is 0 Å². The average molecular weight is 216 g/mol. The van der Waals surface area contributed by atoms with Crippen molar-refractivity contribution >= 4 is 0 Å². The third kappa shape index (κ3) is 2.53. The van der Waals surface area contributed by atoms with Crippen LogP contribution in [0.4, 0.5) is 0 Å². The van der Waals surface area contributed by atoms with Gasteiger partial charge in [-0.25, -0.2) is 0 Å². The molecule has 0 spiro atoms. The van der Waals surface area contributed by atoms with Crippen molar-refractivity contribution in [3.63, 3.8) is 0 Å². The molecular weight excluding hydrogens is 200 g/mol. The second kappa shape index (κ2) is 5.00. The lowest BCUT2D eigenvalue weighted by atomic mass is 10.1. The lowest BCUT2D eigenvalue weighted by molar-refractivity contribution is 0.166. The van der Waals surface area contributed by atoms with Gasteiger partial charge in [0.05, 0.1) is 11.6 Å². The van der Waals surface area contributed by atoms with Crippen LogP contribution in [-0.2, 0) is 0 Å². The molecule has 1 saturated heterocycles. The molecule has 0 radical (unpaired) electrons. The fourth-order valence-corrected chi connectivity index (χ4v) is 1.95. The second-order valence-corrected chi connectivity index (χ2v) is 4.18. The first-order valence-electron chi connectivity index (χ1n) is 5.68. The molecule has 3 nitrogen and oxygen atoms in total. The van der Waals surface area contributed by atoms with Gasteiger partial charge in [-0.1, -0.05) is 0 Å². The smallest absolute Gasteiger partial charge is 0.122 e. The van der Waals surface area contributed by atoms with Crippen molar-refractivity contribution in [1.29, 1.82) is 5.26 Å². The van der Waals surface area contributed by atoms with E-state index in [0.29, 0.717) is 5.56 Å². The third-order valence-corrected chi connectivity index (χ3v) is 2.85. The highest BCUT2D eigenvalue weighted by molar-refractivity contribution is 5.41. The van der Waals surface area contributed by atoms with E-state index < -0.39 is 0 Å². The number of benzene rings is 1. The van der Waals surface area contributed by atoms with Crippen LogP contribution in [0.2, 0.25) is 0 Å². The molecular formula is C13H16N2O. The molecule has 0 bridgehead atoms. The summed E-state index contributed by atoms with van der Waals surface area (Å²) in [6.45, 7) is 3.98. The molecule has 1 aromatic carbocycles. The number of rotatable bonds is 2. The molecule has 1 unspecified atom stereocenters. The number of hydrogen-bond donors (Lipinski definition) is 1. The summed E-state index contributed by atoms with van der Waals surface area (Å²) in [6.07, 6.45) is 2.53. The van der Waals surface area contributed by atoms with Crippen LogP contribution >= 0.6 is 0 Å². The summed E-state index contributed by atoms with van der Waals surface area (Å²) >= 11 is 0. The Morgan fingerprint density at radius 3 is 3.00 bits per heavy atom. The van der Waals surface area contributed by atoms with Crippen molar-refractivity contribution < 1.29 is 4.74 Å². The Balaban J connectivity index is 2.06. The van der Waals surface area contributed by atoms with E-state index in [0.717, 1.165) is 30.8 Å². The highest BCUT2D eigenvalue weighted by Crippen LogP contribution is 2.21. The number of hydrogen-bond acceptors (Lipinski definition) is 3. The highest BCUT2D eigenvalue weighted by Gasteiger charge is 2.15. The minimum absolute atomic E-state index is 0.264. The summed E-state index contributed by atoms with van der Waals surface area (Å²) in [5.74, 6) is 0.896. The first-order chi connectivity index (χ1) is 7.79. The highest BCUT2D eigenvalue weighted by atomic mass is 16.5. The molecule has 0 amide bonds. The van der Waals surface area contributed by atoms with Crippen molar-refractivity contribution in [2.45, 2.75) is 25.9 Å². The fraction of sp³-hybridized carbons (Fsp3) is 0.462. The number of aryl methyl sites for hydroxylation is 1. The van der Waals surface area contributed by atoms with Gasteiger partial charge < -0.3 is 10.1 Å². The molecule has 1 fully saturated rings. The van der Waals surface area contributed by atoms with Crippen molar-refractivity contribution in [2.75, 3.05) is 13.1 Å². The van der Waals surface area contributed by atoms with Gasteiger partial charge in [-0.3, -0.25) is 0 Å². The minimum Gasteiger partial charge on any atom is -0.489 e. The SMILES string of the molecule is Cc1cc(C#N)ccc1OC1CCCNC1. The van der Waals surface area contributed by atoms with Gasteiger partial charge in [0.15, 0.2) is 0 Å². The normalized spacial score (nSPS) is 20.1.